The van der Waals surface area contributed by atoms with Gasteiger partial charge in [-0.2, -0.15) is 0 Å². The van der Waals surface area contributed by atoms with Crippen LogP contribution in [0.2, 0.25) is 0 Å². The van der Waals surface area contributed by atoms with Crippen LogP contribution in [0.15, 0.2) is 0 Å². The van der Waals surface area contributed by atoms with Crippen LogP contribution in [0.4, 0.5) is 0 Å². The molecule has 0 atom stereocenters. The van der Waals surface area contributed by atoms with Gasteiger partial charge in [0.1, 0.15) is 0 Å². The topological polar surface area (TPSA) is 36.9 Å². The van der Waals surface area contributed by atoms with Crippen LogP contribution in [0.5, 0.6) is 0 Å². The van der Waals surface area contributed by atoms with E-state index in [0.29, 0.717) is 13.2 Å². The highest BCUT2D eigenvalue weighted by atomic mass is 28.4. The molecule has 72 valence electrons. The molecule has 0 radical (unpaired) electrons. The molecule has 0 saturated heterocycles. The molecule has 0 aliphatic carbocycles. The number of hydrogen-bond donors (Lipinski definition) is 0. The molecule has 0 aliphatic heterocycles. The summed E-state index contributed by atoms with van der Waals surface area (Å²) in [6.07, 6.45) is 13.8. The van der Waals surface area contributed by atoms with Gasteiger partial charge in [0.25, 0.3) is 0 Å². The predicted molar refractivity (Wildman–Crippen MR) is 48.8 cm³/mol. The lowest BCUT2D eigenvalue weighted by Crippen LogP contribution is -2.47. The van der Waals surface area contributed by atoms with Gasteiger partial charge in [-0.1, -0.05) is 12.8 Å². The van der Waals surface area contributed by atoms with Gasteiger partial charge in [0.15, 0.2) is 0 Å². The van der Waals surface area contributed by atoms with Crippen LogP contribution in [-0.4, -0.2) is 22.3 Å². The molecule has 4 nitrogen and oxygen atoms in total. The molecule has 0 heterocycles. The molecule has 0 rings (SSSR count). The smallest absolute Gasteiger partial charge is 0.419 e. The first-order chi connectivity index (χ1) is 6.24. The molecule has 5 heteroatoms. The summed E-state index contributed by atoms with van der Waals surface area (Å²) >= 11 is 0. The van der Waals surface area contributed by atoms with Crippen molar-refractivity contribution in [3.63, 3.8) is 0 Å². The largest absolute Gasteiger partial charge is 0.838 e. The zero-order chi connectivity index (χ0) is 10.2. The van der Waals surface area contributed by atoms with Crippen molar-refractivity contribution in [2.24, 2.45) is 0 Å². The van der Waals surface area contributed by atoms with Crippen molar-refractivity contribution < 1.29 is 17.7 Å². The summed E-state index contributed by atoms with van der Waals surface area (Å²) in [6.45, 7) is 4.24. The van der Waals surface area contributed by atoms with Crippen LogP contribution in [0.3, 0.4) is 0 Å². The molecular formula is C8H12O4Si. The van der Waals surface area contributed by atoms with E-state index in [-0.39, 0.29) is 0 Å². The molecule has 0 unspecified atom stereocenters. The molecule has 0 bridgehead atoms. The molecule has 0 aliphatic rings. The minimum atomic E-state index is -3.27. The Kier molecular flexibility index (Phi) is 5.82. The second-order valence-electron chi connectivity index (χ2n) is 1.81. The van der Waals surface area contributed by atoms with Crippen LogP contribution in [0.25, 0.3) is 0 Å². The Hall–Kier alpha value is -1.14. The van der Waals surface area contributed by atoms with Crippen molar-refractivity contribution in [3.05, 3.63) is 0 Å². The lowest BCUT2D eigenvalue weighted by Gasteiger charge is -2.20. The van der Waals surface area contributed by atoms with Crippen LogP contribution in [0.1, 0.15) is 13.8 Å². The molecule has 0 N–H and O–H groups in total. The molecule has 0 fully saturated rings. The van der Waals surface area contributed by atoms with Crippen LogP contribution < -0.4 is 0 Å². The first kappa shape index (κ1) is 11.9. The van der Waals surface area contributed by atoms with E-state index in [1.54, 1.807) is 13.8 Å². The summed E-state index contributed by atoms with van der Waals surface area (Å²) in [5.74, 6) is 0. The second kappa shape index (κ2) is 6.38. The van der Waals surface area contributed by atoms with Crippen molar-refractivity contribution >= 4 is 9.05 Å². The van der Waals surface area contributed by atoms with E-state index in [1.165, 1.54) is 0 Å². The Balaban J connectivity index is 4.41. The van der Waals surface area contributed by atoms with Crippen LogP contribution in [0, 0.1) is 25.1 Å². The summed E-state index contributed by atoms with van der Waals surface area (Å²) in [5, 5.41) is 0. The van der Waals surface area contributed by atoms with Crippen molar-refractivity contribution in [1.29, 1.82) is 0 Å². The number of terminal acetylenes is 2. The number of rotatable bonds is 6. The number of hydrogen-bond acceptors (Lipinski definition) is 4. The van der Waals surface area contributed by atoms with E-state index in [2.05, 4.69) is 0 Å². The van der Waals surface area contributed by atoms with Gasteiger partial charge in [-0.05, 0) is 13.8 Å². The standard InChI is InChI=1S/C8H12O4Si/c1-5-9-13(10-6-2,11-7-3)12-8-4/h1-2H,7-8H2,3-4H3. The summed E-state index contributed by atoms with van der Waals surface area (Å²) in [6, 6.07) is 0. The van der Waals surface area contributed by atoms with Crippen LogP contribution in [-0.2, 0) is 17.7 Å². The first-order valence-corrected chi connectivity index (χ1v) is 5.43. The van der Waals surface area contributed by atoms with Gasteiger partial charge in [0.2, 0.25) is 0 Å². The summed E-state index contributed by atoms with van der Waals surface area (Å²) in [5.41, 5.74) is 0. The lowest BCUT2D eigenvalue weighted by atomic mass is 10.9. The molecule has 0 spiro atoms. The average molecular weight is 200 g/mol. The van der Waals surface area contributed by atoms with Crippen LogP contribution >= 0.6 is 0 Å². The van der Waals surface area contributed by atoms with Crippen molar-refractivity contribution in [1.82, 2.24) is 0 Å². The summed E-state index contributed by atoms with van der Waals surface area (Å²) < 4.78 is 19.9. The Labute approximate surface area is 79.6 Å². The molecule has 0 aromatic rings. The Morgan fingerprint density at radius 3 is 1.62 bits per heavy atom. The SMILES string of the molecule is C#CO[Si](OC#C)(OCC)OCC. The van der Waals surface area contributed by atoms with Gasteiger partial charge in [-0.25, -0.2) is 0 Å². The Bertz CT molecular complexity index is 191. The van der Waals surface area contributed by atoms with Gasteiger partial charge < -0.3 is 17.7 Å². The van der Waals surface area contributed by atoms with Gasteiger partial charge in [-0.3, -0.25) is 0 Å². The Morgan fingerprint density at radius 2 is 1.38 bits per heavy atom. The van der Waals surface area contributed by atoms with E-state index < -0.39 is 9.05 Å². The summed E-state index contributed by atoms with van der Waals surface area (Å²) in [4.78, 5) is 0. The van der Waals surface area contributed by atoms with Gasteiger partial charge >= 0.3 is 9.05 Å². The molecule has 13 heavy (non-hydrogen) atoms. The van der Waals surface area contributed by atoms with Gasteiger partial charge in [0, 0.05) is 13.2 Å². The van der Waals surface area contributed by atoms with E-state index in [1.807, 2.05) is 12.2 Å². The molecule has 0 aromatic heterocycles. The fourth-order valence-corrected chi connectivity index (χ4v) is 2.03. The predicted octanol–water partition coefficient (Wildman–Crippen LogP) is 0.710. The normalized spacial score (nSPS) is 9.85. The van der Waals surface area contributed by atoms with E-state index in [9.17, 15) is 0 Å². The average Bonchev–Trinajstić information content (AvgIpc) is 2.06. The van der Waals surface area contributed by atoms with E-state index >= 15 is 0 Å². The third-order valence-corrected chi connectivity index (χ3v) is 3.03. The Morgan fingerprint density at radius 1 is 1.00 bits per heavy atom. The van der Waals surface area contributed by atoms with Crippen molar-refractivity contribution in [2.75, 3.05) is 13.2 Å². The maximum atomic E-state index is 5.14. The first-order valence-electron chi connectivity index (χ1n) is 3.79. The van der Waals surface area contributed by atoms with E-state index in [0.717, 1.165) is 0 Å². The van der Waals surface area contributed by atoms with Gasteiger partial charge in [0.05, 0.1) is 12.2 Å². The summed E-state index contributed by atoms with van der Waals surface area (Å²) in [7, 11) is -3.27. The molecule has 0 saturated carbocycles. The highest BCUT2D eigenvalue weighted by Gasteiger charge is 2.50. The van der Waals surface area contributed by atoms with Crippen molar-refractivity contribution in [3.8, 4) is 25.1 Å². The third kappa shape index (κ3) is 3.86. The molecule has 0 amide bonds. The maximum Gasteiger partial charge on any atom is 0.838 e. The zero-order valence-corrected chi connectivity index (χ0v) is 8.70. The molecule has 0 aromatic carbocycles. The fraction of sp³-hybridized carbons (Fsp3) is 0.500. The minimum absolute atomic E-state index is 0.357. The minimum Gasteiger partial charge on any atom is -0.419 e. The highest BCUT2D eigenvalue weighted by Crippen LogP contribution is 2.10. The second-order valence-corrected chi connectivity index (χ2v) is 3.79. The van der Waals surface area contributed by atoms with Crippen molar-refractivity contribution in [2.45, 2.75) is 13.8 Å². The fourth-order valence-electron chi connectivity index (χ4n) is 0.678. The zero-order valence-electron chi connectivity index (χ0n) is 7.70. The third-order valence-electron chi connectivity index (χ3n) is 1.01. The van der Waals surface area contributed by atoms with E-state index in [4.69, 9.17) is 30.6 Å². The lowest BCUT2D eigenvalue weighted by molar-refractivity contribution is 0.0304. The quantitative estimate of drug-likeness (QED) is 0.467. The van der Waals surface area contributed by atoms with Gasteiger partial charge in [-0.15, -0.1) is 0 Å². The molecular weight excluding hydrogens is 188 g/mol. The highest BCUT2D eigenvalue weighted by molar-refractivity contribution is 6.54. The monoisotopic (exact) mass is 200 g/mol. The maximum absolute atomic E-state index is 5.14.